The number of benzene rings is 2. The minimum Gasteiger partial charge on any atom is -0.465 e. The van der Waals surface area contributed by atoms with Crippen LogP contribution in [0.2, 0.25) is 0 Å². The summed E-state index contributed by atoms with van der Waals surface area (Å²) >= 11 is 0. The van der Waals surface area contributed by atoms with Crippen LogP contribution in [0.5, 0.6) is 0 Å². The predicted octanol–water partition coefficient (Wildman–Crippen LogP) is 2.73. The Hall–Kier alpha value is -3.31. The summed E-state index contributed by atoms with van der Waals surface area (Å²) in [5, 5.41) is 13.7. The van der Waals surface area contributed by atoms with Gasteiger partial charge in [0.25, 0.3) is 5.69 Å². The van der Waals surface area contributed by atoms with E-state index in [1.807, 2.05) is 0 Å². The molecule has 1 aliphatic heterocycles. The Morgan fingerprint density at radius 2 is 1.81 bits per heavy atom. The van der Waals surface area contributed by atoms with Gasteiger partial charge in [-0.3, -0.25) is 14.9 Å². The molecular formula is C21H23N3O7S. The van der Waals surface area contributed by atoms with E-state index in [1.54, 1.807) is 19.1 Å². The van der Waals surface area contributed by atoms with Crippen LogP contribution in [0.15, 0.2) is 47.4 Å². The van der Waals surface area contributed by atoms with E-state index < -0.39 is 26.8 Å². The number of rotatable bonds is 6. The molecule has 2 aromatic rings. The summed E-state index contributed by atoms with van der Waals surface area (Å²) in [6.07, 6.45) is 0.554. The fourth-order valence-electron chi connectivity index (χ4n) is 3.56. The number of hydrogen-bond donors (Lipinski definition) is 1. The lowest BCUT2D eigenvalue weighted by atomic mass is 9.97. The van der Waals surface area contributed by atoms with Gasteiger partial charge in [-0.25, -0.2) is 13.2 Å². The van der Waals surface area contributed by atoms with Crippen molar-refractivity contribution >= 4 is 33.3 Å². The summed E-state index contributed by atoms with van der Waals surface area (Å²) in [6.45, 7) is 1.93. The van der Waals surface area contributed by atoms with E-state index in [0.29, 0.717) is 11.3 Å². The maximum Gasteiger partial charge on any atom is 0.339 e. The third-order valence-electron chi connectivity index (χ3n) is 5.42. The number of nitro benzene ring substituents is 1. The number of methoxy groups -OCH3 is 1. The van der Waals surface area contributed by atoms with Crippen molar-refractivity contribution < 1.29 is 27.7 Å². The molecule has 32 heavy (non-hydrogen) atoms. The maximum atomic E-state index is 13.1. The Kier molecular flexibility index (Phi) is 6.90. The number of esters is 1. The minimum atomic E-state index is -3.95. The van der Waals surface area contributed by atoms with Crippen molar-refractivity contribution in [2.45, 2.75) is 24.7 Å². The number of carbonyl (C=O) groups excluding carboxylic acids is 2. The topological polar surface area (TPSA) is 136 Å². The highest BCUT2D eigenvalue weighted by molar-refractivity contribution is 7.89. The number of nitrogens with one attached hydrogen (secondary N) is 1. The molecule has 1 N–H and O–H groups in total. The van der Waals surface area contributed by atoms with Gasteiger partial charge in [0.15, 0.2) is 0 Å². The zero-order valence-corrected chi connectivity index (χ0v) is 18.4. The van der Waals surface area contributed by atoms with Crippen LogP contribution in [0.25, 0.3) is 0 Å². The lowest BCUT2D eigenvalue weighted by molar-refractivity contribution is -0.384. The number of anilines is 1. The molecule has 11 heteroatoms. The third-order valence-corrected chi connectivity index (χ3v) is 7.38. The van der Waals surface area contributed by atoms with Crippen molar-refractivity contribution in [3.8, 4) is 0 Å². The molecule has 170 valence electrons. The molecule has 10 nitrogen and oxygen atoms in total. The number of ether oxygens (including phenoxy) is 1. The normalized spacial score (nSPS) is 15.2. The molecule has 0 radical (unpaired) electrons. The van der Waals surface area contributed by atoms with Crippen molar-refractivity contribution in [1.82, 2.24) is 4.31 Å². The summed E-state index contributed by atoms with van der Waals surface area (Å²) in [5.41, 5.74) is 0.863. The van der Waals surface area contributed by atoms with Gasteiger partial charge in [0, 0.05) is 31.1 Å². The average Bonchev–Trinajstić information content (AvgIpc) is 2.79. The van der Waals surface area contributed by atoms with Crippen molar-refractivity contribution in [2.75, 3.05) is 25.5 Å². The second-order valence-electron chi connectivity index (χ2n) is 7.41. The highest BCUT2D eigenvalue weighted by Gasteiger charge is 2.34. The van der Waals surface area contributed by atoms with Crippen LogP contribution in [0.4, 0.5) is 11.4 Å². The predicted molar refractivity (Wildman–Crippen MR) is 116 cm³/mol. The Morgan fingerprint density at radius 1 is 1.16 bits per heavy atom. The van der Waals surface area contributed by atoms with Gasteiger partial charge in [0.2, 0.25) is 15.9 Å². The quantitative estimate of drug-likeness (QED) is 0.397. The number of sulfonamides is 1. The first-order chi connectivity index (χ1) is 15.1. The maximum absolute atomic E-state index is 13.1. The molecular weight excluding hydrogens is 438 g/mol. The molecule has 1 heterocycles. The third kappa shape index (κ3) is 4.78. The molecule has 3 rings (SSSR count). The summed E-state index contributed by atoms with van der Waals surface area (Å²) in [7, 11) is -2.77. The number of hydrogen-bond acceptors (Lipinski definition) is 7. The number of piperidine rings is 1. The molecule has 0 saturated carbocycles. The van der Waals surface area contributed by atoms with Crippen LogP contribution in [0.1, 0.15) is 28.8 Å². The summed E-state index contributed by atoms with van der Waals surface area (Å²) in [5.74, 6) is -1.51. The molecule has 0 atom stereocenters. The highest BCUT2D eigenvalue weighted by atomic mass is 32.2. The first-order valence-electron chi connectivity index (χ1n) is 9.88. The first-order valence-corrected chi connectivity index (χ1v) is 11.3. The molecule has 1 saturated heterocycles. The number of nitro groups is 1. The lowest BCUT2D eigenvalue weighted by Crippen LogP contribution is -2.41. The van der Waals surface area contributed by atoms with Gasteiger partial charge in [0.1, 0.15) is 0 Å². The van der Waals surface area contributed by atoms with Crippen molar-refractivity contribution in [3.63, 3.8) is 0 Å². The average molecular weight is 461 g/mol. The SMILES string of the molecule is COC(=O)c1ccccc1S(=O)(=O)N1CCC(C(=O)Nc2cc([N+](=O)[O-])ccc2C)CC1. The van der Waals surface area contributed by atoms with E-state index in [9.17, 15) is 28.1 Å². The molecule has 2 aromatic carbocycles. The van der Waals surface area contributed by atoms with E-state index in [-0.39, 0.29) is 48.0 Å². The fourth-order valence-corrected chi connectivity index (χ4v) is 5.21. The zero-order chi connectivity index (χ0) is 23.5. The fraction of sp³-hybridized carbons (Fsp3) is 0.333. The largest absolute Gasteiger partial charge is 0.465 e. The van der Waals surface area contributed by atoms with E-state index in [1.165, 1.54) is 41.7 Å². The first kappa shape index (κ1) is 23.4. The van der Waals surface area contributed by atoms with Crippen LogP contribution >= 0.6 is 0 Å². The van der Waals surface area contributed by atoms with Crippen LogP contribution < -0.4 is 5.32 Å². The van der Waals surface area contributed by atoms with Crippen LogP contribution in [-0.4, -0.2) is 49.7 Å². The molecule has 0 aliphatic carbocycles. The van der Waals surface area contributed by atoms with E-state index in [2.05, 4.69) is 10.1 Å². The highest BCUT2D eigenvalue weighted by Crippen LogP contribution is 2.28. The lowest BCUT2D eigenvalue weighted by Gasteiger charge is -2.31. The smallest absolute Gasteiger partial charge is 0.339 e. The summed E-state index contributed by atoms with van der Waals surface area (Å²) in [4.78, 5) is 35.0. The van der Waals surface area contributed by atoms with Gasteiger partial charge in [0.05, 0.1) is 28.2 Å². The molecule has 1 amide bonds. The van der Waals surface area contributed by atoms with E-state index in [4.69, 9.17) is 0 Å². The number of aryl methyl sites for hydroxylation is 1. The Balaban J connectivity index is 1.70. The van der Waals surface area contributed by atoms with Gasteiger partial charge in [-0.15, -0.1) is 0 Å². The molecule has 0 aromatic heterocycles. The number of carbonyl (C=O) groups is 2. The van der Waals surface area contributed by atoms with Gasteiger partial charge in [-0.05, 0) is 37.5 Å². The summed E-state index contributed by atoms with van der Waals surface area (Å²) < 4.78 is 32.1. The van der Waals surface area contributed by atoms with Crippen LogP contribution in [0.3, 0.4) is 0 Å². The Bertz CT molecular complexity index is 1160. The van der Waals surface area contributed by atoms with Crippen molar-refractivity contribution in [2.24, 2.45) is 5.92 Å². The molecule has 0 unspecified atom stereocenters. The second-order valence-corrected chi connectivity index (χ2v) is 9.32. The zero-order valence-electron chi connectivity index (χ0n) is 17.6. The second kappa shape index (κ2) is 9.45. The minimum absolute atomic E-state index is 0.0454. The van der Waals surface area contributed by atoms with E-state index >= 15 is 0 Å². The van der Waals surface area contributed by atoms with Gasteiger partial charge >= 0.3 is 5.97 Å². The van der Waals surface area contributed by atoms with Crippen molar-refractivity contribution in [3.05, 3.63) is 63.7 Å². The number of nitrogens with zero attached hydrogens (tertiary/aromatic N) is 2. The Labute approximate surface area is 185 Å². The molecule has 1 fully saturated rings. The van der Waals surface area contributed by atoms with Gasteiger partial charge in [-0.1, -0.05) is 18.2 Å². The van der Waals surface area contributed by atoms with Gasteiger partial charge < -0.3 is 10.1 Å². The molecule has 1 aliphatic rings. The summed E-state index contributed by atoms with van der Waals surface area (Å²) in [6, 6.07) is 10.0. The van der Waals surface area contributed by atoms with E-state index in [0.717, 1.165) is 0 Å². The van der Waals surface area contributed by atoms with Gasteiger partial charge in [-0.2, -0.15) is 4.31 Å². The Morgan fingerprint density at radius 3 is 2.44 bits per heavy atom. The van der Waals surface area contributed by atoms with Crippen LogP contribution in [-0.2, 0) is 19.6 Å². The molecule has 0 spiro atoms. The number of non-ortho nitro benzene ring substituents is 1. The number of amides is 1. The van der Waals surface area contributed by atoms with Crippen LogP contribution in [0, 0.1) is 23.0 Å². The van der Waals surface area contributed by atoms with Crippen molar-refractivity contribution in [1.29, 1.82) is 0 Å². The molecule has 0 bridgehead atoms. The monoisotopic (exact) mass is 461 g/mol. The standard InChI is InChI=1S/C21H23N3O7S/c1-14-7-8-16(24(27)28)13-18(14)22-20(25)15-9-11-23(12-10-15)32(29,30)19-6-4-3-5-17(19)21(26)31-2/h3-8,13,15H,9-12H2,1-2H3,(H,22,25).